The fraction of sp³-hybridized carbons (Fsp3) is 0.368. The maximum Gasteiger partial charge on any atom is 0.231 e. The van der Waals surface area contributed by atoms with E-state index in [1.807, 2.05) is 18.2 Å². The van der Waals surface area contributed by atoms with Crippen LogP contribution in [0.1, 0.15) is 28.9 Å². The maximum absolute atomic E-state index is 10.7. The van der Waals surface area contributed by atoms with E-state index in [4.69, 9.17) is 9.47 Å². The largest absolute Gasteiger partial charge is 0.454 e. The fourth-order valence-electron chi connectivity index (χ4n) is 3.38. The van der Waals surface area contributed by atoms with Gasteiger partial charge in [0.2, 0.25) is 6.79 Å². The van der Waals surface area contributed by atoms with Crippen LogP contribution in [0, 0.1) is 0 Å². The molecule has 1 fully saturated rings. The Morgan fingerprint density at radius 3 is 2.60 bits per heavy atom. The van der Waals surface area contributed by atoms with Crippen LogP contribution >= 0.6 is 0 Å². The van der Waals surface area contributed by atoms with Gasteiger partial charge >= 0.3 is 0 Å². The van der Waals surface area contributed by atoms with Crippen LogP contribution in [0.2, 0.25) is 0 Å². The molecule has 6 heteroatoms. The SMILES string of the molecule is C[C@@H](c1ccc2c(c1)OCO2)N1CCN(c2ccc(C=O)cn2)CC1. The summed E-state index contributed by atoms with van der Waals surface area (Å²) in [6, 6.07) is 10.2. The number of nitrogens with zero attached hydrogens (tertiary/aromatic N) is 3. The van der Waals surface area contributed by atoms with Gasteiger partial charge in [-0.15, -0.1) is 0 Å². The molecule has 3 heterocycles. The van der Waals surface area contributed by atoms with Gasteiger partial charge in [0.1, 0.15) is 5.82 Å². The van der Waals surface area contributed by atoms with E-state index in [1.165, 1.54) is 5.56 Å². The van der Waals surface area contributed by atoms with Gasteiger partial charge in [-0.25, -0.2) is 4.98 Å². The molecule has 4 rings (SSSR count). The van der Waals surface area contributed by atoms with Crippen molar-refractivity contribution in [3.8, 4) is 11.5 Å². The molecule has 0 aliphatic carbocycles. The normalized spacial score (nSPS) is 18.2. The molecule has 0 saturated carbocycles. The highest BCUT2D eigenvalue weighted by Crippen LogP contribution is 2.35. The van der Waals surface area contributed by atoms with Crippen molar-refractivity contribution in [1.29, 1.82) is 0 Å². The third kappa shape index (κ3) is 3.17. The van der Waals surface area contributed by atoms with Crippen LogP contribution in [0.3, 0.4) is 0 Å². The van der Waals surface area contributed by atoms with Gasteiger partial charge in [-0.05, 0) is 36.8 Å². The molecule has 0 unspecified atom stereocenters. The van der Waals surface area contributed by atoms with Gasteiger partial charge in [0, 0.05) is 44.0 Å². The Kier molecular flexibility index (Phi) is 4.28. The Hall–Kier alpha value is -2.60. The molecule has 6 nitrogen and oxygen atoms in total. The minimum absolute atomic E-state index is 0.307. The number of anilines is 1. The second kappa shape index (κ2) is 6.72. The molecule has 25 heavy (non-hydrogen) atoms. The zero-order chi connectivity index (χ0) is 17.2. The summed E-state index contributed by atoms with van der Waals surface area (Å²) in [6.07, 6.45) is 2.45. The topological polar surface area (TPSA) is 54.9 Å². The van der Waals surface area contributed by atoms with E-state index in [0.29, 0.717) is 18.4 Å². The van der Waals surface area contributed by atoms with E-state index in [1.54, 1.807) is 6.20 Å². The van der Waals surface area contributed by atoms with Crippen molar-refractivity contribution in [3.63, 3.8) is 0 Å². The second-order valence-electron chi connectivity index (χ2n) is 6.38. The van der Waals surface area contributed by atoms with Crippen LogP contribution < -0.4 is 14.4 Å². The monoisotopic (exact) mass is 339 g/mol. The fourth-order valence-corrected chi connectivity index (χ4v) is 3.38. The smallest absolute Gasteiger partial charge is 0.231 e. The summed E-state index contributed by atoms with van der Waals surface area (Å²) >= 11 is 0. The van der Waals surface area contributed by atoms with Gasteiger partial charge in [0.05, 0.1) is 0 Å². The molecule has 1 aromatic heterocycles. The average Bonchev–Trinajstić information content (AvgIpc) is 3.15. The van der Waals surface area contributed by atoms with Crippen molar-refractivity contribution in [1.82, 2.24) is 9.88 Å². The van der Waals surface area contributed by atoms with Crippen LogP contribution in [0.5, 0.6) is 11.5 Å². The van der Waals surface area contributed by atoms with Gasteiger partial charge in [-0.3, -0.25) is 9.69 Å². The van der Waals surface area contributed by atoms with E-state index in [9.17, 15) is 4.79 Å². The molecule has 2 aromatic rings. The molecular weight excluding hydrogens is 318 g/mol. The lowest BCUT2D eigenvalue weighted by Crippen LogP contribution is -2.47. The van der Waals surface area contributed by atoms with Crippen molar-refractivity contribution in [2.75, 3.05) is 37.9 Å². The minimum Gasteiger partial charge on any atom is -0.454 e. The number of aromatic nitrogens is 1. The van der Waals surface area contributed by atoms with Crippen LogP contribution in [-0.4, -0.2) is 49.1 Å². The van der Waals surface area contributed by atoms with Crippen molar-refractivity contribution in [3.05, 3.63) is 47.7 Å². The number of aldehydes is 1. The first-order valence-electron chi connectivity index (χ1n) is 8.54. The zero-order valence-corrected chi connectivity index (χ0v) is 14.2. The molecule has 1 atom stereocenters. The number of hydrogen-bond donors (Lipinski definition) is 0. The lowest BCUT2D eigenvalue weighted by Gasteiger charge is -2.38. The Bertz CT molecular complexity index is 755. The van der Waals surface area contributed by atoms with Crippen LogP contribution in [0.15, 0.2) is 36.5 Å². The molecule has 2 aliphatic rings. The van der Waals surface area contributed by atoms with Crippen LogP contribution in [-0.2, 0) is 0 Å². The highest BCUT2D eigenvalue weighted by Gasteiger charge is 2.24. The minimum atomic E-state index is 0.307. The van der Waals surface area contributed by atoms with Crippen molar-refractivity contribution >= 4 is 12.1 Å². The van der Waals surface area contributed by atoms with Gasteiger partial charge < -0.3 is 14.4 Å². The quantitative estimate of drug-likeness (QED) is 0.798. The predicted molar refractivity (Wildman–Crippen MR) is 94.4 cm³/mol. The molecule has 130 valence electrons. The van der Waals surface area contributed by atoms with Gasteiger partial charge in [0.15, 0.2) is 17.8 Å². The van der Waals surface area contributed by atoms with E-state index in [0.717, 1.165) is 49.8 Å². The number of hydrogen-bond acceptors (Lipinski definition) is 6. The molecule has 0 radical (unpaired) electrons. The standard InChI is InChI=1S/C19H21N3O3/c1-14(16-3-4-17-18(10-16)25-13-24-17)21-6-8-22(9-7-21)19-5-2-15(12-23)11-20-19/h2-5,10-12,14H,6-9,13H2,1H3/t14-/m0/s1. The van der Waals surface area contributed by atoms with Gasteiger partial charge in [-0.2, -0.15) is 0 Å². The van der Waals surface area contributed by atoms with Gasteiger partial charge in [0.25, 0.3) is 0 Å². The zero-order valence-electron chi connectivity index (χ0n) is 14.2. The Morgan fingerprint density at radius 2 is 1.88 bits per heavy atom. The molecular formula is C19H21N3O3. The number of benzene rings is 1. The van der Waals surface area contributed by atoms with Crippen molar-refractivity contribution < 1.29 is 14.3 Å². The molecule has 0 bridgehead atoms. The molecule has 0 spiro atoms. The second-order valence-corrected chi connectivity index (χ2v) is 6.38. The third-order valence-corrected chi connectivity index (χ3v) is 4.97. The van der Waals surface area contributed by atoms with Crippen molar-refractivity contribution in [2.24, 2.45) is 0 Å². The molecule has 0 amide bonds. The van der Waals surface area contributed by atoms with E-state index < -0.39 is 0 Å². The first-order valence-corrected chi connectivity index (χ1v) is 8.54. The van der Waals surface area contributed by atoms with E-state index in [2.05, 4.69) is 33.8 Å². The summed E-state index contributed by atoms with van der Waals surface area (Å²) in [5.41, 5.74) is 1.85. The van der Waals surface area contributed by atoms with Crippen LogP contribution in [0.4, 0.5) is 5.82 Å². The predicted octanol–water partition coefficient (Wildman–Crippen LogP) is 2.51. The summed E-state index contributed by atoms with van der Waals surface area (Å²) in [7, 11) is 0. The molecule has 1 aromatic carbocycles. The average molecular weight is 339 g/mol. The Morgan fingerprint density at radius 1 is 1.08 bits per heavy atom. The molecule has 2 aliphatic heterocycles. The Labute approximate surface area is 147 Å². The summed E-state index contributed by atoms with van der Waals surface area (Å²) < 4.78 is 10.9. The van der Waals surface area contributed by atoms with Crippen LogP contribution in [0.25, 0.3) is 0 Å². The number of rotatable bonds is 4. The number of ether oxygens (including phenoxy) is 2. The number of fused-ring (bicyclic) bond motifs is 1. The lowest BCUT2D eigenvalue weighted by atomic mass is 10.1. The number of piperazine rings is 1. The lowest BCUT2D eigenvalue weighted by molar-refractivity contribution is 0.112. The van der Waals surface area contributed by atoms with E-state index >= 15 is 0 Å². The number of carbonyl (C=O) groups excluding carboxylic acids is 1. The highest BCUT2D eigenvalue weighted by molar-refractivity contribution is 5.74. The molecule has 1 saturated heterocycles. The summed E-state index contributed by atoms with van der Waals surface area (Å²) in [6.45, 7) is 6.30. The van der Waals surface area contributed by atoms with E-state index in [-0.39, 0.29) is 0 Å². The van der Waals surface area contributed by atoms with Gasteiger partial charge in [-0.1, -0.05) is 6.07 Å². The maximum atomic E-state index is 10.7. The third-order valence-electron chi connectivity index (χ3n) is 4.97. The first kappa shape index (κ1) is 15.9. The summed E-state index contributed by atoms with van der Waals surface area (Å²) in [4.78, 5) is 19.9. The summed E-state index contributed by atoms with van der Waals surface area (Å²) in [5.74, 6) is 2.59. The Balaban J connectivity index is 1.40. The first-order chi connectivity index (χ1) is 12.2. The number of carbonyl (C=O) groups is 1. The highest BCUT2D eigenvalue weighted by atomic mass is 16.7. The molecule has 0 N–H and O–H groups in total. The van der Waals surface area contributed by atoms with Crippen molar-refractivity contribution in [2.45, 2.75) is 13.0 Å². The summed E-state index contributed by atoms with van der Waals surface area (Å²) in [5, 5.41) is 0. The number of pyridine rings is 1.